The van der Waals surface area contributed by atoms with Gasteiger partial charge in [0.05, 0.1) is 16.7 Å². The second-order valence-electron chi connectivity index (χ2n) is 14.7. The molecule has 3 heteroatoms. The molecule has 9 rings (SSSR count). The zero-order chi connectivity index (χ0) is 35.9. The van der Waals surface area contributed by atoms with E-state index in [2.05, 4.69) is 229 Å². The molecule has 0 bridgehead atoms. The normalized spacial score (nSPS) is 11.7. The Morgan fingerprint density at radius 1 is 0.358 bits per heavy atom. The Kier molecular flexibility index (Phi) is 8.05. The number of anilines is 6. The third-order valence-corrected chi connectivity index (χ3v) is 10.3. The summed E-state index contributed by atoms with van der Waals surface area (Å²) in [7, 11) is 0. The maximum Gasteiger partial charge on any atom is 0.0542 e. The van der Waals surface area contributed by atoms with Crippen LogP contribution in [0.15, 0.2) is 194 Å². The van der Waals surface area contributed by atoms with Gasteiger partial charge in [-0.1, -0.05) is 118 Å². The van der Waals surface area contributed by atoms with E-state index in [1.165, 1.54) is 43.8 Å². The van der Waals surface area contributed by atoms with E-state index in [9.17, 15) is 0 Å². The van der Waals surface area contributed by atoms with E-state index < -0.39 is 0 Å². The summed E-state index contributed by atoms with van der Waals surface area (Å²) in [5.41, 5.74) is 11.6. The van der Waals surface area contributed by atoms with Crippen molar-refractivity contribution in [3.05, 3.63) is 200 Å². The van der Waals surface area contributed by atoms with Crippen LogP contribution < -0.4 is 9.80 Å². The van der Waals surface area contributed by atoms with Crippen molar-refractivity contribution in [3.8, 4) is 5.69 Å². The second kappa shape index (κ2) is 13.2. The van der Waals surface area contributed by atoms with Crippen molar-refractivity contribution in [2.75, 3.05) is 9.80 Å². The van der Waals surface area contributed by atoms with E-state index in [-0.39, 0.29) is 5.41 Å². The highest BCUT2D eigenvalue weighted by Crippen LogP contribution is 2.43. The number of hydrogen-bond donors (Lipinski definition) is 0. The van der Waals surface area contributed by atoms with Crippen LogP contribution in [0.2, 0.25) is 0 Å². The van der Waals surface area contributed by atoms with Crippen molar-refractivity contribution >= 4 is 66.7 Å². The molecule has 0 aliphatic heterocycles. The van der Waals surface area contributed by atoms with Crippen LogP contribution in [0.4, 0.5) is 34.1 Å². The van der Waals surface area contributed by atoms with E-state index in [0.717, 1.165) is 34.1 Å². The van der Waals surface area contributed by atoms with Crippen molar-refractivity contribution in [3.63, 3.8) is 0 Å². The number of nitrogens with zero attached hydrogens (tertiary/aromatic N) is 3. The summed E-state index contributed by atoms with van der Waals surface area (Å²) >= 11 is 0. The summed E-state index contributed by atoms with van der Waals surface area (Å²) in [4.78, 5) is 4.67. The molecule has 0 N–H and O–H groups in total. The second-order valence-corrected chi connectivity index (χ2v) is 14.7. The zero-order valence-corrected chi connectivity index (χ0v) is 30.3. The minimum absolute atomic E-state index is 0.0187. The van der Waals surface area contributed by atoms with Gasteiger partial charge >= 0.3 is 0 Å². The molecule has 256 valence electrons. The van der Waals surface area contributed by atoms with Gasteiger partial charge in [0.15, 0.2) is 0 Å². The first-order valence-electron chi connectivity index (χ1n) is 18.4. The molecular formula is C50H41N3. The van der Waals surface area contributed by atoms with Crippen molar-refractivity contribution in [1.82, 2.24) is 4.57 Å². The van der Waals surface area contributed by atoms with Gasteiger partial charge in [0.2, 0.25) is 0 Å². The lowest BCUT2D eigenvalue weighted by molar-refractivity contribution is 0.591. The first-order chi connectivity index (χ1) is 25.9. The molecule has 0 radical (unpaired) electrons. The summed E-state index contributed by atoms with van der Waals surface area (Å²) < 4.78 is 2.45. The molecule has 0 atom stereocenters. The SMILES string of the molecule is CC(C)(C)c1ccc2c(c1)c1cc(N(c3ccccc3)c3ccc(N(c4ccccc4)c4ccccc4)cc3)ccc1n2-c1cccc2ccccc12. The molecule has 0 unspecified atom stereocenters. The van der Waals surface area contributed by atoms with E-state index in [1.54, 1.807) is 0 Å². The quantitative estimate of drug-likeness (QED) is 0.166. The molecular weight excluding hydrogens is 643 g/mol. The Morgan fingerprint density at radius 2 is 0.792 bits per heavy atom. The fraction of sp³-hybridized carbons (Fsp3) is 0.0800. The molecule has 0 amide bonds. The number of rotatable bonds is 7. The monoisotopic (exact) mass is 683 g/mol. The predicted molar refractivity (Wildman–Crippen MR) is 226 cm³/mol. The Bertz CT molecular complexity index is 2640. The average Bonchev–Trinajstić information content (AvgIpc) is 3.52. The lowest BCUT2D eigenvalue weighted by Gasteiger charge is -2.28. The first kappa shape index (κ1) is 32.3. The van der Waals surface area contributed by atoms with Gasteiger partial charge in [0, 0.05) is 50.3 Å². The molecule has 0 aliphatic rings. The Morgan fingerprint density at radius 3 is 1.36 bits per heavy atom. The van der Waals surface area contributed by atoms with E-state index >= 15 is 0 Å². The number of fused-ring (bicyclic) bond motifs is 4. The first-order valence-corrected chi connectivity index (χ1v) is 18.4. The van der Waals surface area contributed by atoms with E-state index in [0.29, 0.717) is 0 Å². The van der Waals surface area contributed by atoms with Crippen LogP contribution in [-0.4, -0.2) is 4.57 Å². The summed E-state index contributed by atoms with van der Waals surface area (Å²) in [5, 5.41) is 4.96. The topological polar surface area (TPSA) is 11.4 Å². The summed E-state index contributed by atoms with van der Waals surface area (Å²) in [6.45, 7) is 6.88. The third-order valence-electron chi connectivity index (χ3n) is 10.3. The number of hydrogen-bond acceptors (Lipinski definition) is 2. The van der Waals surface area contributed by atoms with Gasteiger partial charge in [-0.25, -0.2) is 0 Å². The van der Waals surface area contributed by atoms with Crippen LogP contribution in [-0.2, 0) is 5.41 Å². The number of benzene rings is 8. The van der Waals surface area contributed by atoms with Crippen molar-refractivity contribution < 1.29 is 0 Å². The molecule has 0 saturated carbocycles. The van der Waals surface area contributed by atoms with Crippen LogP contribution in [0, 0.1) is 0 Å². The number of aromatic nitrogens is 1. The van der Waals surface area contributed by atoms with Crippen molar-refractivity contribution in [2.24, 2.45) is 0 Å². The average molecular weight is 684 g/mol. The molecule has 9 aromatic rings. The smallest absolute Gasteiger partial charge is 0.0542 e. The van der Waals surface area contributed by atoms with Crippen LogP contribution in [0.1, 0.15) is 26.3 Å². The lowest BCUT2D eigenvalue weighted by atomic mass is 9.86. The number of para-hydroxylation sites is 3. The minimum Gasteiger partial charge on any atom is -0.311 e. The molecule has 8 aromatic carbocycles. The van der Waals surface area contributed by atoms with Gasteiger partial charge in [-0.2, -0.15) is 0 Å². The van der Waals surface area contributed by atoms with Crippen LogP contribution in [0.25, 0.3) is 38.3 Å². The van der Waals surface area contributed by atoms with Crippen LogP contribution in [0.5, 0.6) is 0 Å². The molecule has 0 saturated heterocycles. The van der Waals surface area contributed by atoms with Gasteiger partial charge in [0.25, 0.3) is 0 Å². The van der Waals surface area contributed by atoms with Crippen molar-refractivity contribution in [1.29, 1.82) is 0 Å². The predicted octanol–water partition coefficient (Wildman–Crippen LogP) is 14.2. The maximum atomic E-state index is 2.45. The van der Waals surface area contributed by atoms with E-state index in [1.807, 2.05) is 0 Å². The molecule has 1 aromatic heterocycles. The Hall–Kier alpha value is -6.58. The van der Waals surface area contributed by atoms with Gasteiger partial charge < -0.3 is 14.4 Å². The van der Waals surface area contributed by atoms with Gasteiger partial charge in [0.1, 0.15) is 0 Å². The highest BCUT2D eigenvalue weighted by Gasteiger charge is 2.21. The molecule has 0 spiro atoms. The van der Waals surface area contributed by atoms with Gasteiger partial charge in [-0.05, 0) is 113 Å². The minimum atomic E-state index is 0.0187. The fourth-order valence-corrected chi connectivity index (χ4v) is 7.66. The van der Waals surface area contributed by atoms with Crippen molar-refractivity contribution in [2.45, 2.75) is 26.2 Å². The summed E-state index contributed by atoms with van der Waals surface area (Å²) in [6, 6.07) is 70.0. The summed E-state index contributed by atoms with van der Waals surface area (Å²) in [5.74, 6) is 0. The molecule has 0 fully saturated rings. The van der Waals surface area contributed by atoms with Crippen LogP contribution >= 0.6 is 0 Å². The van der Waals surface area contributed by atoms with E-state index in [4.69, 9.17) is 0 Å². The standard InChI is InChI=1S/C50H41N3/c1-50(2,3)37-26-32-48-45(34-37)46-35-43(31-33-49(46)53(48)47-25-15-17-36-16-13-14-24-44(36)47)52(40-22-11-6-12-23-40)42-29-27-41(28-30-42)51(38-18-7-4-8-19-38)39-20-9-5-10-21-39/h4-35H,1-3H3. The Balaban J connectivity index is 1.23. The Labute approximate surface area is 311 Å². The van der Waals surface area contributed by atoms with Crippen LogP contribution in [0.3, 0.4) is 0 Å². The lowest BCUT2D eigenvalue weighted by Crippen LogP contribution is -2.12. The maximum absolute atomic E-state index is 2.45. The third kappa shape index (κ3) is 5.91. The molecule has 0 aliphatic carbocycles. The molecule has 1 heterocycles. The zero-order valence-electron chi connectivity index (χ0n) is 30.3. The largest absolute Gasteiger partial charge is 0.311 e. The fourth-order valence-electron chi connectivity index (χ4n) is 7.66. The molecule has 3 nitrogen and oxygen atoms in total. The van der Waals surface area contributed by atoms with Gasteiger partial charge in [-0.15, -0.1) is 0 Å². The van der Waals surface area contributed by atoms with Gasteiger partial charge in [-0.3, -0.25) is 0 Å². The highest BCUT2D eigenvalue weighted by molar-refractivity contribution is 6.12. The molecule has 53 heavy (non-hydrogen) atoms. The highest BCUT2D eigenvalue weighted by atomic mass is 15.2. The summed E-state index contributed by atoms with van der Waals surface area (Å²) in [6.07, 6.45) is 0.